The number of benzene rings is 1. The number of aliphatic hydroxyl groups excluding tert-OH is 1. The molecule has 1 atom stereocenters. The highest BCUT2D eigenvalue weighted by Crippen LogP contribution is 2.25. The van der Waals surface area contributed by atoms with Gasteiger partial charge in [-0.1, -0.05) is 29.8 Å². The highest BCUT2D eigenvalue weighted by atomic mass is 35.5. The van der Waals surface area contributed by atoms with Crippen LogP contribution in [0.15, 0.2) is 24.3 Å². The number of hydrogen-bond donors (Lipinski definition) is 2. The Morgan fingerprint density at radius 2 is 2.14 bits per heavy atom. The average Bonchev–Trinajstić information content (AvgIpc) is 2.18. The summed E-state index contributed by atoms with van der Waals surface area (Å²) >= 11 is 5.96. The van der Waals surface area contributed by atoms with Gasteiger partial charge < -0.3 is 10.4 Å². The molecular weight excluding hydrogens is 198 g/mol. The van der Waals surface area contributed by atoms with Crippen molar-refractivity contribution in [3.05, 3.63) is 34.9 Å². The van der Waals surface area contributed by atoms with Crippen LogP contribution in [0.25, 0.3) is 0 Å². The molecule has 0 amide bonds. The Labute approximate surface area is 89.9 Å². The second kappa shape index (κ2) is 6.02. The van der Waals surface area contributed by atoms with Crippen LogP contribution in [0, 0.1) is 0 Å². The summed E-state index contributed by atoms with van der Waals surface area (Å²) in [6.07, 6.45) is 1.24. The molecule has 2 N–H and O–H groups in total. The fourth-order valence-corrected chi connectivity index (χ4v) is 1.63. The highest BCUT2D eigenvalue weighted by Gasteiger charge is 2.09. The molecule has 1 aromatic rings. The molecule has 14 heavy (non-hydrogen) atoms. The molecule has 0 saturated carbocycles. The molecule has 0 radical (unpaired) electrons. The first-order valence-electron chi connectivity index (χ1n) is 4.83. The van der Waals surface area contributed by atoms with Crippen molar-refractivity contribution >= 4 is 11.6 Å². The minimum Gasteiger partial charge on any atom is -0.388 e. The molecule has 0 aliphatic heterocycles. The minimum atomic E-state index is -0.447. The van der Waals surface area contributed by atoms with Crippen LogP contribution in [0.1, 0.15) is 24.5 Å². The van der Waals surface area contributed by atoms with Crippen LogP contribution >= 0.6 is 11.6 Å². The van der Waals surface area contributed by atoms with Crippen molar-refractivity contribution in [3.63, 3.8) is 0 Å². The standard InChI is InChI=1S/C11H16ClNO/c1-13-8-4-7-11(14)9-5-2-3-6-10(9)12/h2-3,5-6,11,13-14H,4,7-8H2,1H3. The van der Waals surface area contributed by atoms with E-state index in [2.05, 4.69) is 5.32 Å². The van der Waals surface area contributed by atoms with Gasteiger partial charge in [-0.2, -0.15) is 0 Å². The van der Waals surface area contributed by atoms with E-state index >= 15 is 0 Å². The lowest BCUT2D eigenvalue weighted by Gasteiger charge is -2.11. The van der Waals surface area contributed by atoms with Crippen molar-refractivity contribution in [1.82, 2.24) is 5.32 Å². The third-order valence-corrected chi connectivity index (χ3v) is 2.51. The van der Waals surface area contributed by atoms with E-state index in [0.29, 0.717) is 5.02 Å². The zero-order chi connectivity index (χ0) is 10.4. The number of aliphatic hydroxyl groups is 1. The van der Waals surface area contributed by atoms with Crippen molar-refractivity contribution in [2.75, 3.05) is 13.6 Å². The van der Waals surface area contributed by atoms with Crippen molar-refractivity contribution < 1.29 is 5.11 Å². The third-order valence-electron chi connectivity index (χ3n) is 2.17. The normalized spacial score (nSPS) is 12.8. The topological polar surface area (TPSA) is 32.3 Å². The maximum absolute atomic E-state index is 9.82. The van der Waals surface area contributed by atoms with E-state index in [0.717, 1.165) is 24.9 Å². The van der Waals surface area contributed by atoms with Crippen LogP contribution in [-0.2, 0) is 0 Å². The summed E-state index contributed by atoms with van der Waals surface area (Å²) in [7, 11) is 1.90. The molecule has 0 aliphatic carbocycles. The zero-order valence-corrected chi connectivity index (χ0v) is 9.09. The predicted octanol–water partition coefficient (Wildman–Crippen LogP) is 2.37. The molecule has 2 nitrogen and oxygen atoms in total. The van der Waals surface area contributed by atoms with E-state index in [1.54, 1.807) is 6.07 Å². The Kier molecular flexibility index (Phi) is 4.94. The first-order chi connectivity index (χ1) is 6.75. The maximum atomic E-state index is 9.82. The van der Waals surface area contributed by atoms with E-state index in [1.807, 2.05) is 25.2 Å². The number of rotatable bonds is 5. The van der Waals surface area contributed by atoms with Crippen LogP contribution in [-0.4, -0.2) is 18.7 Å². The van der Waals surface area contributed by atoms with Gasteiger partial charge in [-0.15, -0.1) is 0 Å². The molecule has 0 saturated heterocycles. The van der Waals surface area contributed by atoms with Crippen LogP contribution in [0.3, 0.4) is 0 Å². The van der Waals surface area contributed by atoms with Gasteiger partial charge in [-0.25, -0.2) is 0 Å². The highest BCUT2D eigenvalue weighted by molar-refractivity contribution is 6.31. The van der Waals surface area contributed by atoms with Crippen LogP contribution < -0.4 is 5.32 Å². The molecule has 0 bridgehead atoms. The Bertz CT molecular complexity index is 278. The van der Waals surface area contributed by atoms with Crippen molar-refractivity contribution in [2.45, 2.75) is 18.9 Å². The van der Waals surface area contributed by atoms with Crippen molar-refractivity contribution in [1.29, 1.82) is 0 Å². The summed E-state index contributed by atoms with van der Waals surface area (Å²) in [4.78, 5) is 0. The molecule has 78 valence electrons. The summed E-state index contributed by atoms with van der Waals surface area (Å²) in [5.74, 6) is 0. The molecule has 0 aliphatic rings. The first kappa shape index (κ1) is 11.5. The SMILES string of the molecule is CNCCCC(O)c1ccccc1Cl. The van der Waals surface area contributed by atoms with E-state index < -0.39 is 6.10 Å². The molecule has 1 aromatic carbocycles. The van der Waals surface area contributed by atoms with Crippen molar-refractivity contribution in [2.24, 2.45) is 0 Å². The van der Waals surface area contributed by atoms with Gasteiger partial charge >= 0.3 is 0 Å². The molecular formula is C11H16ClNO. The summed E-state index contributed by atoms with van der Waals surface area (Å²) in [6.45, 7) is 0.918. The molecule has 0 heterocycles. The van der Waals surface area contributed by atoms with E-state index in [-0.39, 0.29) is 0 Å². The summed E-state index contributed by atoms with van der Waals surface area (Å²) < 4.78 is 0. The van der Waals surface area contributed by atoms with E-state index in [4.69, 9.17) is 11.6 Å². The maximum Gasteiger partial charge on any atom is 0.0804 e. The van der Waals surface area contributed by atoms with Crippen molar-refractivity contribution in [3.8, 4) is 0 Å². The fraction of sp³-hybridized carbons (Fsp3) is 0.455. The Morgan fingerprint density at radius 3 is 2.79 bits per heavy atom. The van der Waals surface area contributed by atoms with Gasteiger partial charge in [0.05, 0.1) is 6.10 Å². The second-order valence-electron chi connectivity index (χ2n) is 3.28. The van der Waals surface area contributed by atoms with Crippen LogP contribution in [0.4, 0.5) is 0 Å². The van der Waals surface area contributed by atoms with Gasteiger partial charge in [0.2, 0.25) is 0 Å². The molecule has 0 spiro atoms. The number of halogens is 1. The molecule has 3 heteroatoms. The van der Waals surface area contributed by atoms with Gasteiger partial charge in [0.1, 0.15) is 0 Å². The van der Waals surface area contributed by atoms with E-state index in [9.17, 15) is 5.11 Å². The van der Waals surface area contributed by atoms with Gasteiger partial charge in [0.15, 0.2) is 0 Å². The Hall–Kier alpha value is -0.570. The summed E-state index contributed by atoms with van der Waals surface area (Å²) in [5, 5.41) is 13.5. The third kappa shape index (κ3) is 3.29. The van der Waals surface area contributed by atoms with Gasteiger partial charge in [0.25, 0.3) is 0 Å². The Balaban J connectivity index is 2.51. The zero-order valence-electron chi connectivity index (χ0n) is 8.33. The summed E-state index contributed by atoms with van der Waals surface area (Å²) in [5.41, 5.74) is 0.824. The molecule has 1 unspecified atom stereocenters. The largest absolute Gasteiger partial charge is 0.388 e. The average molecular weight is 214 g/mol. The van der Waals surface area contributed by atoms with E-state index in [1.165, 1.54) is 0 Å². The van der Waals surface area contributed by atoms with Crippen LogP contribution in [0.2, 0.25) is 5.02 Å². The molecule has 0 fully saturated rings. The van der Waals surface area contributed by atoms with Gasteiger partial charge in [-0.3, -0.25) is 0 Å². The molecule has 1 rings (SSSR count). The lowest BCUT2D eigenvalue weighted by molar-refractivity contribution is 0.165. The lowest BCUT2D eigenvalue weighted by Crippen LogP contribution is -2.09. The first-order valence-corrected chi connectivity index (χ1v) is 5.20. The smallest absolute Gasteiger partial charge is 0.0804 e. The molecule has 0 aromatic heterocycles. The van der Waals surface area contributed by atoms with Crippen LogP contribution in [0.5, 0.6) is 0 Å². The second-order valence-corrected chi connectivity index (χ2v) is 3.69. The van der Waals surface area contributed by atoms with Gasteiger partial charge in [0, 0.05) is 5.02 Å². The number of nitrogens with one attached hydrogen (secondary N) is 1. The van der Waals surface area contributed by atoms with Gasteiger partial charge in [-0.05, 0) is 38.1 Å². The Morgan fingerprint density at radius 1 is 1.43 bits per heavy atom. The lowest BCUT2D eigenvalue weighted by atomic mass is 10.1. The number of hydrogen-bond acceptors (Lipinski definition) is 2. The minimum absolute atomic E-state index is 0.447. The quantitative estimate of drug-likeness (QED) is 0.737. The fourth-order valence-electron chi connectivity index (χ4n) is 1.37. The summed E-state index contributed by atoms with van der Waals surface area (Å²) in [6, 6.07) is 7.43. The monoisotopic (exact) mass is 213 g/mol. The predicted molar refractivity (Wildman–Crippen MR) is 59.6 cm³/mol.